The van der Waals surface area contributed by atoms with E-state index in [9.17, 15) is 101 Å². The number of rotatable bonds is 18. The number of hydrogen-bond acceptors (Lipinski definition) is 34. The molecule has 0 aromatic rings. The average molecular weight is 1480 g/mol. The molecule has 0 aromatic heterocycles. The Kier molecular flexibility index (Phi) is 23.8. The van der Waals surface area contributed by atoms with Gasteiger partial charge in [0.05, 0.1) is 62.2 Å². The number of aliphatic hydroxyl groups is 16. The number of aliphatic carboxylic acids is 1. The van der Waals surface area contributed by atoms with Crippen LogP contribution in [-0.2, 0) is 85.5 Å². The fourth-order valence-corrected chi connectivity index (χ4v) is 19.7. The van der Waals surface area contributed by atoms with Crippen LogP contribution in [0.25, 0.3) is 0 Å². The molecule has 588 valence electrons. The molecule has 17 N–H and O–H groups in total. The van der Waals surface area contributed by atoms with E-state index >= 15 is 4.79 Å². The van der Waals surface area contributed by atoms with Gasteiger partial charge in [-0.3, -0.25) is 19.2 Å². The van der Waals surface area contributed by atoms with Gasteiger partial charge in [0.25, 0.3) is 0 Å². The Morgan fingerprint density at radius 3 is 1.62 bits per heavy atom. The van der Waals surface area contributed by atoms with Gasteiger partial charge in [-0.25, -0.2) is 0 Å². The predicted molar refractivity (Wildman–Crippen MR) is 337 cm³/mol. The van der Waals surface area contributed by atoms with Crippen molar-refractivity contribution in [3.05, 3.63) is 11.6 Å². The molecule has 0 radical (unpaired) electrons. The van der Waals surface area contributed by atoms with Gasteiger partial charge in [-0.15, -0.1) is 0 Å². The molecule has 6 heterocycles. The normalized spacial score (nSPS) is 52.0. The molecule has 38 atom stereocenters. The van der Waals surface area contributed by atoms with Gasteiger partial charge >= 0.3 is 23.9 Å². The number of esters is 3. The number of carbonyl (C=O) groups excluding carboxylic acids is 3. The maximum atomic E-state index is 16.0. The summed E-state index contributed by atoms with van der Waals surface area (Å²) in [4.78, 5) is 55.9. The molecule has 35 heteroatoms. The van der Waals surface area contributed by atoms with Gasteiger partial charge in [-0.05, 0) is 113 Å². The van der Waals surface area contributed by atoms with Gasteiger partial charge in [0.1, 0.15) is 110 Å². The molecular formula is C68H106O35. The molecule has 0 spiro atoms. The summed E-state index contributed by atoms with van der Waals surface area (Å²) in [6.07, 6.45) is -47.6. The number of fused-ring (bicyclic) bond motifs is 7. The van der Waals surface area contributed by atoms with Gasteiger partial charge in [-0.1, -0.05) is 39.3 Å². The minimum atomic E-state index is -2.15. The molecule has 6 saturated heterocycles. The molecule has 0 bridgehead atoms. The number of carboxylic acid groups (broad SMARTS) is 1. The topological polar surface area (TPSA) is 541 Å². The van der Waals surface area contributed by atoms with E-state index in [0.717, 1.165) is 19.4 Å². The quantitative estimate of drug-likeness (QED) is 0.0265. The first-order valence-corrected chi connectivity index (χ1v) is 35.6. The van der Waals surface area contributed by atoms with Crippen LogP contribution < -0.4 is 0 Å². The second-order valence-corrected chi connectivity index (χ2v) is 32.0. The summed E-state index contributed by atoms with van der Waals surface area (Å²) in [6.45, 7) is 11.4. The highest BCUT2D eigenvalue weighted by Crippen LogP contribution is 2.76. The van der Waals surface area contributed by atoms with Crippen LogP contribution in [0.1, 0.15) is 120 Å². The van der Waals surface area contributed by atoms with E-state index in [1.807, 2.05) is 13.0 Å². The first-order valence-electron chi connectivity index (χ1n) is 35.6. The Morgan fingerprint density at radius 1 is 0.495 bits per heavy atom. The highest BCUT2D eigenvalue weighted by molar-refractivity contribution is 5.79. The summed E-state index contributed by atoms with van der Waals surface area (Å²) < 4.78 is 84.0. The number of carbonyl (C=O) groups is 4. The molecule has 103 heavy (non-hydrogen) atoms. The van der Waals surface area contributed by atoms with Crippen molar-refractivity contribution in [3.8, 4) is 0 Å². The first-order chi connectivity index (χ1) is 48.3. The molecule has 35 nitrogen and oxygen atoms in total. The molecular weight excluding hydrogens is 1380 g/mol. The van der Waals surface area contributed by atoms with E-state index in [4.69, 9.17) is 66.3 Å². The second kappa shape index (κ2) is 30.4. The standard InChI is InChI=1S/C68H106O35/c1-25-49(99-56-48(86)51(100-55-44(82)38(76)32(75)22-90-55)35(23-91-56)98-58-45(83)41(79)39(77)33(20-69)96-58)43(81)47(85)57(92-25)101-53-52(95-28(4)73)50(94-27(3)72)26(2)93-60(53)103-62(89)67-15-14-63(5,6)18-30(67)29-10-11-36-64(7)19-31(74)54(102-59-46(84)42(80)40(78)34(21-70)97-59)66(9,61(87)88)37(64)12-13-65(36,8)68(29,24-71)17-16-67/h10,25-26,30-60,69-71,74-86H,11-24H2,1-9H3,(H,87,88)/t25-,26+,30?,31-,32-,33+,34+,35+,36?,37?,38-,39-,40+,41-,42-,43-,44+,45+,46+,47+,48+,49-,50-,51-,52-,53+,54-,55-,56-,57-,58-,59-,60-,64+,65+,66-,67-,68-/m0/s1. The van der Waals surface area contributed by atoms with Crippen LogP contribution in [0.3, 0.4) is 0 Å². The number of ether oxygens (including phenoxy) is 14. The average Bonchev–Trinajstić information content (AvgIpc) is 0.668. The van der Waals surface area contributed by atoms with E-state index < -0.39 is 285 Å². The molecule has 0 amide bonds. The summed E-state index contributed by atoms with van der Waals surface area (Å²) in [7, 11) is 0. The van der Waals surface area contributed by atoms with Crippen LogP contribution >= 0.6 is 0 Å². The highest BCUT2D eigenvalue weighted by atomic mass is 16.8. The number of carboxylic acids is 1. The lowest BCUT2D eigenvalue weighted by Crippen LogP contribution is -2.71. The SMILES string of the molecule is CC(=O)O[C@H]1[C@@H](OC(C)=O)[C@@H](C)O[C@@H](OC(=O)[C@]23CCC(C)(C)CC2C2=CCC4[C@@]5(C)C[C@H](O)[C@H](O[C@@H]6O[C@H](CO)[C@@H](O)[C@H](O)[C@H]6O)[C@@](C)(C(=O)O)C5CC[C@@]4(C)[C@]2(CO)CC3)[C@@H]1O[C@@H]1O[C@@H](C)[C@H](O[C@@H]2OC[C@@H](O[C@@H]3O[C@H](CO)[C@H](O)[C@H](O)[C@H]3O)[C@H](O[C@@H]3OC[C@H](O)[C@H](O)[C@H]3O)[C@H]2O)[C@@H](O)[C@H]1O. The lowest BCUT2D eigenvalue weighted by atomic mass is 9.33. The van der Waals surface area contributed by atoms with Crippen LogP contribution in [-0.4, -0.2) is 328 Å². The zero-order valence-corrected chi connectivity index (χ0v) is 59.0. The lowest BCUT2D eigenvalue weighted by Gasteiger charge is -2.71. The van der Waals surface area contributed by atoms with Gasteiger partial charge in [0.2, 0.25) is 6.29 Å². The van der Waals surface area contributed by atoms with E-state index in [0.29, 0.717) is 25.7 Å². The Balaban J connectivity index is 0.850. The van der Waals surface area contributed by atoms with Crippen molar-refractivity contribution in [3.63, 3.8) is 0 Å². The molecule has 6 aliphatic heterocycles. The fraction of sp³-hybridized carbons (Fsp3) is 0.912. The summed E-state index contributed by atoms with van der Waals surface area (Å²) in [6, 6.07) is 0. The van der Waals surface area contributed by atoms with E-state index in [1.54, 1.807) is 0 Å². The monoisotopic (exact) mass is 1480 g/mol. The Morgan fingerprint density at radius 2 is 1.02 bits per heavy atom. The summed E-state index contributed by atoms with van der Waals surface area (Å²) in [5.41, 5.74) is -5.65. The predicted octanol–water partition coefficient (Wildman–Crippen LogP) is -4.90. The number of aliphatic hydroxyl groups excluding tert-OH is 16. The van der Waals surface area contributed by atoms with Crippen LogP contribution in [0.4, 0.5) is 0 Å². The van der Waals surface area contributed by atoms with Crippen molar-refractivity contribution in [2.24, 2.45) is 50.2 Å². The Labute approximate surface area is 593 Å². The van der Waals surface area contributed by atoms with Crippen LogP contribution in [0, 0.1) is 50.2 Å². The Hall–Kier alpha value is -3.46. The molecule has 0 aromatic carbocycles. The van der Waals surface area contributed by atoms with Gasteiger partial charge in [0, 0.05) is 19.3 Å². The van der Waals surface area contributed by atoms with Gasteiger partial charge in [0.15, 0.2) is 49.8 Å². The minimum absolute atomic E-state index is 0.00947. The van der Waals surface area contributed by atoms with Gasteiger partial charge < -0.3 is 153 Å². The smallest absolute Gasteiger partial charge is 0.315 e. The first kappa shape index (κ1) is 80.6. The third-order valence-electron chi connectivity index (χ3n) is 25.4. The third kappa shape index (κ3) is 14.1. The maximum Gasteiger partial charge on any atom is 0.315 e. The van der Waals surface area contributed by atoms with E-state index in [2.05, 4.69) is 20.8 Å². The minimum Gasteiger partial charge on any atom is -0.481 e. The number of allylic oxidation sites excluding steroid dienone is 1. The van der Waals surface area contributed by atoms with Gasteiger partial charge in [-0.2, -0.15) is 0 Å². The zero-order chi connectivity index (χ0) is 75.4. The van der Waals surface area contributed by atoms with Crippen molar-refractivity contribution in [2.75, 3.05) is 33.0 Å². The van der Waals surface area contributed by atoms with Crippen molar-refractivity contribution in [1.29, 1.82) is 0 Å². The van der Waals surface area contributed by atoms with Crippen LogP contribution in [0.5, 0.6) is 0 Å². The second-order valence-electron chi connectivity index (χ2n) is 32.0. The molecule has 10 fully saturated rings. The molecule has 5 aliphatic carbocycles. The van der Waals surface area contributed by atoms with E-state index in [1.165, 1.54) is 20.8 Å². The summed E-state index contributed by atoms with van der Waals surface area (Å²) in [5, 5.41) is 187. The fourth-order valence-electron chi connectivity index (χ4n) is 19.7. The summed E-state index contributed by atoms with van der Waals surface area (Å²) >= 11 is 0. The number of hydrogen-bond donors (Lipinski definition) is 17. The van der Waals surface area contributed by atoms with Crippen molar-refractivity contribution in [2.45, 2.75) is 304 Å². The van der Waals surface area contributed by atoms with E-state index in [-0.39, 0.29) is 38.7 Å². The molecule has 3 unspecified atom stereocenters. The van der Waals surface area contributed by atoms with Crippen molar-refractivity contribution >= 4 is 23.9 Å². The molecule has 11 rings (SSSR count). The largest absolute Gasteiger partial charge is 0.481 e. The third-order valence-corrected chi connectivity index (χ3v) is 25.4. The van der Waals surface area contributed by atoms with Crippen molar-refractivity contribution in [1.82, 2.24) is 0 Å². The zero-order valence-electron chi connectivity index (χ0n) is 59.0. The molecule has 11 aliphatic rings. The summed E-state index contributed by atoms with van der Waals surface area (Å²) in [5.74, 6) is -5.60. The maximum absolute atomic E-state index is 16.0. The Bertz CT molecular complexity index is 3030. The van der Waals surface area contributed by atoms with Crippen molar-refractivity contribution < 1.29 is 172 Å². The lowest BCUT2D eigenvalue weighted by molar-refractivity contribution is -0.388. The van der Waals surface area contributed by atoms with Crippen LogP contribution in [0.2, 0.25) is 0 Å². The highest BCUT2D eigenvalue weighted by Gasteiger charge is 2.74. The molecule has 4 saturated carbocycles. The van der Waals surface area contributed by atoms with Crippen LogP contribution in [0.15, 0.2) is 11.6 Å².